The second-order valence-electron chi connectivity index (χ2n) is 8.30. The Morgan fingerprint density at radius 2 is 1.77 bits per heavy atom. The van der Waals surface area contributed by atoms with Crippen molar-refractivity contribution >= 4 is 29.9 Å². The lowest BCUT2D eigenvalue weighted by Gasteiger charge is -2.37. The van der Waals surface area contributed by atoms with Gasteiger partial charge in [-0.05, 0) is 38.2 Å². The maximum atomic E-state index is 12.6. The van der Waals surface area contributed by atoms with Gasteiger partial charge in [0, 0.05) is 44.3 Å². The van der Waals surface area contributed by atoms with Gasteiger partial charge in [0.15, 0.2) is 5.96 Å². The summed E-state index contributed by atoms with van der Waals surface area (Å²) >= 11 is 0. The summed E-state index contributed by atoms with van der Waals surface area (Å²) in [6.07, 6.45) is 1.44. The molecule has 1 aromatic carbocycles. The molecule has 1 aliphatic rings. The molecule has 0 bridgehead atoms. The summed E-state index contributed by atoms with van der Waals surface area (Å²) in [5.74, 6) is 0.780. The van der Waals surface area contributed by atoms with Gasteiger partial charge in [0.2, 0.25) is 0 Å². The molecule has 1 heterocycles. The number of hydrogen-bond donors (Lipinski definition) is 3. The van der Waals surface area contributed by atoms with Crippen LogP contribution in [0.5, 0.6) is 0 Å². The molecular formula is C23H40F2IN5. The maximum absolute atomic E-state index is 12.6. The molecule has 0 radical (unpaired) electrons. The van der Waals surface area contributed by atoms with Gasteiger partial charge in [-0.25, -0.2) is 8.78 Å². The van der Waals surface area contributed by atoms with Crippen LogP contribution in [0.4, 0.5) is 8.78 Å². The Morgan fingerprint density at radius 1 is 1.16 bits per heavy atom. The second kappa shape index (κ2) is 14.2. The molecular weight excluding hydrogens is 511 g/mol. The number of piperidine rings is 1. The van der Waals surface area contributed by atoms with Crippen LogP contribution in [0.3, 0.4) is 0 Å². The maximum Gasteiger partial charge on any atom is 0.251 e. The van der Waals surface area contributed by atoms with Crippen LogP contribution in [-0.2, 0) is 0 Å². The summed E-state index contributed by atoms with van der Waals surface area (Å²) in [5, 5.41) is 10.8. The van der Waals surface area contributed by atoms with Crippen LogP contribution < -0.4 is 16.0 Å². The zero-order valence-electron chi connectivity index (χ0n) is 19.3. The highest BCUT2D eigenvalue weighted by atomic mass is 127. The standard InChI is InChI=1S/C23H39F2N5.HI/c1-5-23(6-2,29-18(3)19-10-8-7-9-11-19)17-27-22(26-4)28-20-12-14-30(15-13-20)16-21(24)25;/h7-11,18,20-21,29H,5-6,12-17H2,1-4H3,(H2,26,27,28);1H. The van der Waals surface area contributed by atoms with Gasteiger partial charge >= 0.3 is 0 Å². The number of nitrogens with zero attached hydrogens (tertiary/aromatic N) is 2. The molecule has 1 aromatic rings. The first kappa shape index (κ1) is 28.0. The van der Waals surface area contributed by atoms with E-state index in [0.29, 0.717) is 13.1 Å². The predicted octanol–water partition coefficient (Wildman–Crippen LogP) is 4.41. The highest BCUT2D eigenvalue weighted by Crippen LogP contribution is 2.21. The number of likely N-dealkylation sites (tertiary alicyclic amines) is 1. The number of alkyl halides is 2. The van der Waals surface area contributed by atoms with Gasteiger partial charge in [-0.1, -0.05) is 44.2 Å². The van der Waals surface area contributed by atoms with Gasteiger partial charge in [0.1, 0.15) is 0 Å². The van der Waals surface area contributed by atoms with Crippen molar-refractivity contribution in [2.24, 2.45) is 4.99 Å². The van der Waals surface area contributed by atoms with E-state index < -0.39 is 6.43 Å². The van der Waals surface area contributed by atoms with Crippen molar-refractivity contribution in [1.29, 1.82) is 0 Å². The topological polar surface area (TPSA) is 51.7 Å². The Hall–Kier alpha value is -1.000. The molecule has 1 atom stereocenters. The van der Waals surface area contributed by atoms with Crippen molar-refractivity contribution in [1.82, 2.24) is 20.9 Å². The first-order valence-corrected chi connectivity index (χ1v) is 11.2. The van der Waals surface area contributed by atoms with E-state index in [0.717, 1.165) is 38.2 Å². The fraction of sp³-hybridized carbons (Fsp3) is 0.696. The second-order valence-corrected chi connectivity index (χ2v) is 8.30. The average molecular weight is 552 g/mol. The van der Waals surface area contributed by atoms with Gasteiger partial charge in [0.05, 0.1) is 6.54 Å². The molecule has 0 aliphatic carbocycles. The van der Waals surface area contributed by atoms with E-state index in [2.05, 4.69) is 66.0 Å². The van der Waals surface area contributed by atoms with Crippen LogP contribution in [0.15, 0.2) is 35.3 Å². The summed E-state index contributed by atoms with van der Waals surface area (Å²) in [6, 6.07) is 11.0. The molecule has 0 saturated carbocycles. The summed E-state index contributed by atoms with van der Waals surface area (Å²) in [6.45, 7) is 8.67. The molecule has 8 heteroatoms. The Morgan fingerprint density at radius 3 is 2.29 bits per heavy atom. The molecule has 31 heavy (non-hydrogen) atoms. The number of rotatable bonds is 10. The van der Waals surface area contributed by atoms with Gasteiger partial charge in [-0.3, -0.25) is 9.89 Å². The fourth-order valence-corrected chi connectivity index (χ4v) is 4.14. The van der Waals surface area contributed by atoms with Crippen molar-refractivity contribution in [2.45, 2.75) is 70.5 Å². The van der Waals surface area contributed by atoms with Crippen LogP contribution in [-0.4, -0.2) is 62.1 Å². The van der Waals surface area contributed by atoms with Crippen molar-refractivity contribution in [2.75, 3.05) is 33.2 Å². The van der Waals surface area contributed by atoms with E-state index in [1.54, 1.807) is 7.05 Å². The number of hydrogen-bond acceptors (Lipinski definition) is 3. The molecule has 1 aliphatic heterocycles. The third-order valence-corrected chi connectivity index (χ3v) is 6.32. The summed E-state index contributed by atoms with van der Waals surface area (Å²) in [5.41, 5.74) is 1.23. The lowest BCUT2D eigenvalue weighted by molar-refractivity contribution is 0.0744. The average Bonchev–Trinajstić information content (AvgIpc) is 2.77. The van der Waals surface area contributed by atoms with Crippen LogP contribution >= 0.6 is 24.0 Å². The molecule has 1 unspecified atom stereocenters. The van der Waals surface area contributed by atoms with Crippen LogP contribution in [0.25, 0.3) is 0 Å². The monoisotopic (exact) mass is 551 g/mol. The van der Waals surface area contributed by atoms with Gasteiger partial charge < -0.3 is 16.0 Å². The Balaban J connectivity index is 0.00000480. The van der Waals surface area contributed by atoms with Crippen LogP contribution in [0.1, 0.15) is 58.1 Å². The van der Waals surface area contributed by atoms with Crippen molar-refractivity contribution in [3.05, 3.63) is 35.9 Å². The fourth-order valence-electron chi connectivity index (χ4n) is 4.14. The zero-order chi connectivity index (χ0) is 22.0. The van der Waals surface area contributed by atoms with Crippen molar-refractivity contribution < 1.29 is 8.78 Å². The third-order valence-electron chi connectivity index (χ3n) is 6.32. The van der Waals surface area contributed by atoms with Gasteiger partial charge in [0.25, 0.3) is 6.43 Å². The molecule has 0 aromatic heterocycles. The predicted molar refractivity (Wildman–Crippen MR) is 137 cm³/mol. The number of benzene rings is 1. The van der Waals surface area contributed by atoms with E-state index in [9.17, 15) is 8.78 Å². The molecule has 5 nitrogen and oxygen atoms in total. The molecule has 3 N–H and O–H groups in total. The van der Waals surface area contributed by atoms with Crippen molar-refractivity contribution in [3.8, 4) is 0 Å². The lowest BCUT2D eigenvalue weighted by atomic mass is 9.90. The minimum Gasteiger partial charge on any atom is -0.355 e. The van der Waals surface area contributed by atoms with E-state index in [-0.39, 0.29) is 48.1 Å². The molecule has 1 saturated heterocycles. The summed E-state index contributed by atoms with van der Waals surface area (Å²) < 4.78 is 25.1. The first-order valence-electron chi connectivity index (χ1n) is 11.2. The van der Waals surface area contributed by atoms with Gasteiger partial charge in [-0.15, -0.1) is 24.0 Å². The van der Waals surface area contributed by atoms with E-state index >= 15 is 0 Å². The Bertz CT molecular complexity index is 632. The Labute approximate surface area is 203 Å². The molecule has 1 fully saturated rings. The third kappa shape index (κ3) is 9.18. The minimum atomic E-state index is -2.26. The molecule has 178 valence electrons. The highest BCUT2D eigenvalue weighted by Gasteiger charge is 2.29. The van der Waals surface area contributed by atoms with Crippen LogP contribution in [0.2, 0.25) is 0 Å². The smallest absolute Gasteiger partial charge is 0.251 e. The minimum absolute atomic E-state index is 0. The quantitative estimate of drug-likeness (QED) is 0.229. The molecule has 0 amide bonds. The number of guanidine groups is 1. The van der Waals surface area contributed by atoms with E-state index in [4.69, 9.17) is 0 Å². The zero-order valence-corrected chi connectivity index (χ0v) is 21.7. The number of nitrogens with one attached hydrogen (secondary N) is 3. The van der Waals surface area contributed by atoms with E-state index in [1.807, 2.05) is 11.0 Å². The summed E-state index contributed by atoms with van der Waals surface area (Å²) in [7, 11) is 1.78. The number of halogens is 3. The highest BCUT2D eigenvalue weighted by molar-refractivity contribution is 14.0. The summed E-state index contributed by atoms with van der Waals surface area (Å²) in [4.78, 5) is 6.23. The SMILES string of the molecule is CCC(CC)(CNC(=NC)NC1CCN(CC(F)F)CC1)NC(C)c1ccccc1.I. The Kier molecular flexibility index (Phi) is 12.9. The first-order chi connectivity index (χ1) is 14.4. The normalized spacial score (nSPS) is 17.3. The molecule has 2 rings (SSSR count). The van der Waals surface area contributed by atoms with E-state index in [1.165, 1.54) is 5.56 Å². The van der Waals surface area contributed by atoms with Gasteiger partial charge in [-0.2, -0.15) is 0 Å². The van der Waals surface area contributed by atoms with Crippen LogP contribution in [0, 0.1) is 0 Å². The lowest BCUT2D eigenvalue weighted by Crippen LogP contribution is -2.56. The molecule has 0 spiro atoms. The number of aliphatic imine (C=N–C) groups is 1. The van der Waals surface area contributed by atoms with Crippen molar-refractivity contribution in [3.63, 3.8) is 0 Å². The largest absolute Gasteiger partial charge is 0.355 e.